The first kappa shape index (κ1) is 14.6. The van der Waals surface area contributed by atoms with Gasteiger partial charge in [-0.15, -0.1) is 0 Å². The van der Waals surface area contributed by atoms with E-state index in [1.807, 2.05) is 30.3 Å². The van der Waals surface area contributed by atoms with Crippen LogP contribution in [-0.4, -0.2) is 17.8 Å². The Labute approximate surface area is 127 Å². The Morgan fingerprint density at radius 3 is 2.47 bits per heavy atom. The van der Waals surface area contributed by atoms with Gasteiger partial charge in [-0.25, -0.2) is 4.98 Å². The fourth-order valence-corrected chi connectivity index (χ4v) is 5.76. The van der Waals surface area contributed by atoms with Crippen LogP contribution in [0.2, 0.25) is 24.9 Å². The summed E-state index contributed by atoms with van der Waals surface area (Å²) in [7, 11) is -1.60. The zero-order valence-corrected chi connectivity index (χ0v) is 14.5. The van der Waals surface area contributed by atoms with Crippen LogP contribution in [0.25, 0.3) is 0 Å². The zero-order valence-electron chi connectivity index (χ0n) is 11.2. The third-order valence-corrected chi connectivity index (χ3v) is 5.69. The molecule has 0 bridgehead atoms. The van der Waals surface area contributed by atoms with Gasteiger partial charge in [0.25, 0.3) is 0 Å². The molecule has 1 aromatic carbocycles. The molecular weight excluding hydrogens is 344 g/mol. The molecular formula is C13H16BrClN2OSi. The normalized spacial score (nSPS) is 11.6. The van der Waals surface area contributed by atoms with Crippen LogP contribution in [0, 0.1) is 0 Å². The van der Waals surface area contributed by atoms with Crippen LogP contribution >= 0.6 is 27.5 Å². The fourth-order valence-electron chi connectivity index (χ4n) is 1.80. The molecule has 0 saturated heterocycles. The molecule has 2 aromatic rings. The highest BCUT2D eigenvalue weighted by atomic mass is 79.9. The van der Waals surface area contributed by atoms with E-state index in [4.69, 9.17) is 16.4 Å². The van der Waals surface area contributed by atoms with Gasteiger partial charge in [-0.05, 0) is 33.1 Å². The molecule has 1 aromatic heterocycles. The highest BCUT2D eigenvalue weighted by molar-refractivity contribution is 9.10. The van der Waals surface area contributed by atoms with Gasteiger partial charge in [0.1, 0.15) is 19.3 Å². The van der Waals surface area contributed by atoms with Gasteiger partial charge < -0.3 is 4.84 Å². The van der Waals surface area contributed by atoms with Gasteiger partial charge in [-0.1, -0.05) is 50.0 Å². The van der Waals surface area contributed by atoms with Gasteiger partial charge >= 0.3 is 0 Å². The second kappa shape index (κ2) is 5.69. The predicted octanol–water partition coefficient (Wildman–Crippen LogP) is 3.47. The van der Waals surface area contributed by atoms with Gasteiger partial charge in [0.15, 0.2) is 0 Å². The number of halogens is 2. The Kier molecular flexibility index (Phi) is 4.38. The lowest BCUT2D eigenvalue weighted by molar-refractivity contribution is 0.103. The lowest BCUT2D eigenvalue weighted by Crippen LogP contribution is -2.45. The van der Waals surface area contributed by atoms with Crippen molar-refractivity contribution in [2.45, 2.75) is 26.2 Å². The van der Waals surface area contributed by atoms with E-state index in [1.54, 1.807) is 4.73 Å². The molecule has 0 saturated carbocycles. The summed E-state index contributed by atoms with van der Waals surface area (Å²) in [6.07, 6.45) is 0. The first-order valence-electron chi connectivity index (χ1n) is 6.01. The minimum absolute atomic E-state index is 0.361. The Morgan fingerprint density at radius 2 is 1.89 bits per heavy atom. The average molecular weight is 360 g/mol. The minimum atomic E-state index is -1.60. The van der Waals surface area contributed by atoms with E-state index in [0.29, 0.717) is 11.9 Å². The van der Waals surface area contributed by atoms with E-state index in [2.05, 4.69) is 40.6 Å². The van der Waals surface area contributed by atoms with Gasteiger partial charge in [0, 0.05) is 0 Å². The number of nitrogens with zero attached hydrogens (tertiary/aromatic N) is 2. The smallest absolute Gasteiger partial charge is 0.237 e. The van der Waals surface area contributed by atoms with Crippen LogP contribution in [0.3, 0.4) is 0 Å². The molecule has 0 unspecified atom stereocenters. The van der Waals surface area contributed by atoms with Crippen LogP contribution in [0.15, 0.2) is 34.9 Å². The molecule has 3 nitrogen and oxygen atoms in total. The second-order valence-corrected chi connectivity index (χ2v) is 11.4. The minimum Gasteiger partial charge on any atom is -0.407 e. The molecule has 0 N–H and O–H groups in total. The van der Waals surface area contributed by atoms with Gasteiger partial charge in [-0.2, -0.15) is 4.73 Å². The Bertz CT molecular complexity index is 566. The van der Waals surface area contributed by atoms with Crippen LogP contribution in [0.4, 0.5) is 0 Å². The van der Waals surface area contributed by atoms with Gasteiger partial charge in [0.05, 0.1) is 5.32 Å². The highest BCUT2D eigenvalue weighted by Crippen LogP contribution is 2.17. The quantitative estimate of drug-likeness (QED) is 0.782. The molecule has 0 radical (unpaired) electrons. The Hall–Kier alpha value is -0.783. The third kappa shape index (κ3) is 3.41. The third-order valence-electron chi connectivity index (χ3n) is 2.67. The molecule has 0 aliphatic carbocycles. The van der Waals surface area contributed by atoms with Crippen molar-refractivity contribution >= 4 is 40.9 Å². The summed E-state index contributed by atoms with van der Waals surface area (Å²) in [5.41, 5.74) is 1.10. The summed E-state index contributed by atoms with van der Waals surface area (Å²) in [6.45, 7) is 7.16. The molecule has 0 spiro atoms. The van der Waals surface area contributed by atoms with E-state index in [1.165, 1.54) is 0 Å². The standard InChI is InChI=1S/C13H16BrClN2OSi/c1-19(2,3)12-11(14)16-13(15)17(12)18-9-10-7-5-4-6-8-10/h4-8H,9H2,1-3H3. The van der Waals surface area contributed by atoms with Crippen LogP contribution in [0.1, 0.15) is 5.56 Å². The second-order valence-electron chi connectivity index (χ2n) is 5.32. The lowest BCUT2D eigenvalue weighted by Gasteiger charge is -2.19. The first-order chi connectivity index (χ1) is 8.89. The van der Waals surface area contributed by atoms with Crippen LogP contribution in [0.5, 0.6) is 0 Å². The van der Waals surface area contributed by atoms with Crippen LogP contribution in [-0.2, 0) is 6.61 Å². The van der Waals surface area contributed by atoms with Crippen molar-refractivity contribution in [3.8, 4) is 0 Å². The number of benzene rings is 1. The van der Waals surface area contributed by atoms with Gasteiger partial charge in [0.2, 0.25) is 5.28 Å². The molecule has 102 valence electrons. The van der Waals surface area contributed by atoms with E-state index < -0.39 is 8.07 Å². The number of aromatic nitrogens is 2. The maximum atomic E-state index is 6.14. The maximum absolute atomic E-state index is 6.14. The zero-order chi connectivity index (χ0) is 14.0. The Balaban J connectivity index is 2.26. The SMILES string of the molecule is C[Si](C)(C)c1c(Br)nc(Cl)n1OCc1ccccc1. The van der Waals surface area contributed by atoms with Crippen molar-refractivity contribution in [3.63, 3.8) is 0 Å². The summed E-state index contributed by atoms with van der Waals surface area (Å²) < 4.78 is 2.44. The van der Waals surface area contributed by atoms with Crippen LogP contribution < -0.4 is 10.2 Å². The summed E-state index contributed by atoms with van der Waals surface area (Å²) in [5.74, 6) is 0. The monoisotopic (exact) mass is 358 g/mol. The van der Waals surface area contributed by atoms with Crippen molar-refractivity contribution in [1.82, 2.24) is 9.71 Å². The van der Waals surface area contributed by atoms with Crippen molar-refractivity contribution in [1.29, 1.82) is 0 Å². The van der Waals surface area contributed by atoms with E-state index in [-0.39, 0.29) is 0 Å². The van der Waals surface area contributed by atoms with Gasteiger partial charge in [-0.3, -0.25) is 0 Å². The predicted molar refractivity (Wildman–Crippen MR) is 84.6 cm³/mol. The molecule has 0 fully saturated rings. The molecule has 1 heterocycles. The molecule has 2 rings (SSSR count). The summed E-state index contributed by atoms with van der Waals surface area (Å²) in [4.78, 5) is 10.1. The average Bonchev–Trinajstić information content (AvgIpc) is 2.62. The number of rotatable bonds is 4. The lowest BCUT2D eigenvalue weighted by atomic mass is 10.2. The molecule has 0 amide bonds. The Morgan fingerprint density at radius 1 is 1.26 bits per heavy atom. The first-order valence-corrected chi connectivity index (χ1v) is 10.7. The molecule has 0 aliphatic heterocycles. The summed E-state index contributed by atoms with van der Waals surface area (Å²) in [6, 6.07) is 10.0. The fraction of sp³-hybridized carbons (Fsp3) is 0.308. The maximum Gasteiger partial charge on any atom is 0.237 e. The summed E-state index contributed by atoms with van der Waals surface area (Å²) >= 11 is 9.61. The molecule has 19 heavy (non-hydrogen) atoms. The van der Waals surface area contributed by atoms with Crippen molar-refractivity contribution in [3.05, 3.63) is 45.8 Å². The number of hydrogen-bond acceptors (Lipinski definition) is 2. The van der Waals surface area contributed by atoms with Crippen molar-refractivity contribution < 1.29 is 4.84 Å². The summed E-state index contributed by atoms with van der Waals surface area (Å²) in [5, 5.41) is 1.42. The topological polar surface area (TPSA) is 27.1 Å². The molecule has 0 aliphatic rings. The number of hydrogen-bond donors (Lipinski definition) is 0. The molecule has 0 atom stereocenters. The highest BCUT2D eigenvalue weighted by Gasteiger charge is 2.28. The van der Waals surface area contributed by atoms with E-state index >= 15 is 0 Å². The molecule has 6 heteroatoms. The van der Waals surface area contributed by atoms with E-state index in [0.717, 1.165) is 15.5 Å². The van der Waals surface area contributed by atoms with E-state index in [9.17, 15) is 0 Å². The number of imidazole rings is 1. The largest absolute Gasteiger partial charge is 0.407 e. The van der Waals surface area contributed by atoms with Crippen molar-refractivity contribution in [2.24, 2.45) is 0 Å². The van der Waals surface area contributed by atoms with Crippen molar-refractivity contribution in [2.75, 3.05) is 0 Å².